The van der Waals surface area contributed by atoms with Crippen molar-refractivity contribution in [2.24, 2.45) is 10.9 Å². The SMILES string of the molecule is FC(F)(F)C1CCCN(c2ccc3c(n2)N=C2CCCN3C2)C1. The average Bonchev–Trinajstić information content (AvgIpc) is 2.54. The van der Waals surface area contributed by atoms with E-state index in [1.165, 1.54) is 0 Å². The van der Waals surface area contributed by atoms with Gasteiger partial charge in [0.25, 0.3) is 0 Å². The molecule has 0 aliphatic carbocycles. The summed E-state index contributed by atoms with van der Waals surface area (Å²) in [4.78, 5) is 13.2. The van der Waals surface area contributed by atoms with Crippen LogP contribution in [0.3, 0.4) is 0 Å². The first-order chi connectivity index (χ1) is 11.0. The molecule has 1 atom stereocenters. The Bertz CT molecular complexity index is 641. The van der Waals surface area contributed by atoms with Crippen LogP contribution in [0.2, 0.25) is 0 Å². The van der Waals surface area contributed by atoms with Gasteiger partial charge < -0.3 is 9.80 Å². The topological polar surface area (TPSA) is 31.7 Å². The molecule has 1 aromatic heterocycles. The highest BCUT2D eigenvalue weighted by Crippen LogP contribution is 2.38. The predicted molar refractivity (Wildman–Crippen MR) is 83.8 cm³/mol. The molecule has 3 aliphatic heterocycles. The number of halogens is 3. The number of piperidine rings is 2. The van der Waals surface area contributed by atoms with Gasteiger partial charge in [-0.15, -0.1) is 0 Å². The Labute approximate surface area is 133 Å². The molecule has 4 nitrogen and oxygen atoms in total. The minimum atomic E-state index is -4.13. The number of hydrogen-bond acceptors (Lipinski definition) is 4. The van der Waals surface area contributed by atoms with Gasteiger partial charge in [0, 0.05) is 25.3 Å². The van der Waals surface area contributed by atoms with Crippen LogP contribution in [0.25, 0.3) is 0 Å². The summed E-state index contributed by atoms with van der Waals surface area (Å²) in [6.07, 6.45) is -1.29. The quantitative estimate of drug-likeness (QED) is 0.792. The molecule has 0 radical (unpaired) electrons. The van der Waals surface area contributed by atoms with Crippen molar-refractivity contribution < 1.29 is 13.2 Å². The monoisotopic (exact) mass is 324 g/mol. The van der Waals surface area contributed by atoms with Crippen molar-refractivity contribution in [3.8, 4) is 0 Å². The third-order valence-electron chi connectivity index (χ3n) is 4.92. The molecule has 2 fully saturated rings. The lowest BCUT2D eigenvalue weighted by Crippen LogP contribution is -2.42. The van der Waals surface area contributed by atoms with Gasteiger partial charge >= 0.3 is 6.18 Å². The lowest BCUT2D eigenvalue weighted by Gasteiger charge is -2.36. The Kier molecular flexibility index (Phi) is 3.46. The van der Waals surface area contributed by atoms with Gasteiger partial charge in [-0.25, -0.2) is 9.98 Å². The number of alkyl halides is 3. The van der Waals surface area contributed by atoms with Crippen molar-refractivity contribution in [1.82, 2.24) is 4.98 Å². The van der Waals surface area contributed by atoms with E-state index in [-0.39, 0.29) is 13.0 Å². The number of fused-ring (bicyclic) bond motifs is 4. The van der Waals surface area contributed by atoms with Crippen molar-refractivity contribution in [3.05, 3.63) is 12.1 Å². The maximum absolute atomic E-state index is 13.0. The van der Waals surface area contributed by atoms with Crippen LogP contribution in [0, 0.1) is 5.92 Å². The van der Waals surface area contributed by atoms with Crippen LogP contribution in [0.15, 0.2) is 17.1 Å². The van der Waals surface area contributed by atoms with Crippen LogP contribution in [-0.4, -0.2) is 43.1 Å². The van der Waals surface area contributed by atoms with E-state index in [0.29, 0.717) is 24.6 Å². The Morgan fingerprint density at radius 3 is 2.74 bits per heavy atom. The molecule has 23 heavy (non-hydrogen) atoms. The second kappa shape index (κ2) is 5.39. The van der Waals surface area contributed by atoms with Crippen molar-refractivity contribution >= 4 is 23.0 Å². The van der Waals surface area contributed by atoms with Crippen molar-refractivity contribution in [2.45, 2.75) is 31.9 Å². The molecule has 7 heteroatoms. The third-order valence-corrected chi connectivity index (χ3v) is 4.92. The van der Waals surface area contributed by atoms with E-state index in [2.05, 4.69) is 14.9 Å². The van der Waals surface area contributed by atoms with E-state index in [1.807, 2.05) is 12.1 Å². The maximum Gasteiger partial charge on any atom is 0.393 e. The van der Waals surface area contributed by atoms with Gasteiger partial charge in [-0.05, 0) is 37.8 Å². The molecular formula is C16H19F3N4. The minimum Gasteiger partial charge on any atom is -0.363 e. The molecule has 0 N–H and O–H groups in total. The summed E-state index contributed by atoms with van der Waals surface area (Å²) >= 11 is 0. The van der Waals surface area contributed by atoms with Crippen LogP contribution in [0.1, 0.15) is 25.7 Å². The molecule has 2 bridgehead atoms. The third kappa shape index (κ3) is 2.77. The molecule has 0 spiro atoms. The van der Waals surface area contributed by atoms with E-state index in [4.69, 9.17) is 0 Å². The number of anilines is 2. The van der Waals surface area contributed by atoms with E-state index < -0.39 is 12.1 Å². The van der Waals surface area contributed by atoms with E-state index in [0.717, 1.165) is 37.3 Å². The normalized spacial score (nSPS) is 24.3. The second-order valence-electron chi connectivity index (χ2n) is 6.54. The Morgan fingerprint density at radius 2 is 1.91 bits per heavy atom. The summed E-state index contributed by atoms with van der Waals surface area (Å²) in [7, 11) is 0. The van der Waals surface area contributed by atoms with Crippen LogP contribution in [0.4, 0.5) is 30.5 Å². The smallest absolute Gasteiger partial charge is 0.363 e. The van der Waals surface area contributed by atoms with Crippen LogP contribution in [-0.2, 0) is 0 Å². The summed E-state index contributed by atoms with van der Waals surface area (Å²) in [6.45, 7) is 2.47. The van der Waals surface area contributed by atoms with Gasteiger partial charge in [0.15, 0.2) is 5.82 Å². The van der Waals surface area contributed by atoms with E-state index >= 15 is 0 Å². The highest BCUT2D eigenvalue weighted by molar-refractivity contribution is 5.96. The molecule has 0 amide bonds. The lowest BCUT2D eigenvalue weighted by molar-refractivity contribution is -0.176. The van der Waals surface area contributed by atoms with Crippen molar-refractivity contribution in [1.29, 1.82) is 0 Å². The fourth-order valence-electron chi connectivity index (χ4n) is 3.69. The summed E-state index contributed by atoms with van der Waals surface area (Å²) in [5, 5.41) is 0. The van der Waals surface area contributed by atoms with Crippen molar-refractivity contribution in [2.75, 3.05) is 36.0 Å². The summed E-state index contributed by atoms with van der Waals surface area (Å²) in [5.41, 5.74) is 2.13. The molecule has 0 aromatic carbocycles. The number of nitrogens with zero attached hydrogens (tertiary/aromatic N) is 4. The zero-order valence-corrected chi connectivity index (χ0v) is 12.8. The maximum atomic E-state index is 13.0. The van der Waals surface area contributed by atoms with E-state index in [1.54, 1.807) is 4.90 Å². The number of rotatable bonds is 1. The van der Waals surface area contributed by atoms with E-state index in [9.17, 15) is 13.2 Å². The minimum absolute atomic E-state index is 0.00439. The molecule has 124 valence electrons. The number of aromatic nitrogens is 1. The molecule has 2 saturated heterocycles. The summed E-state index contributed by atoms with van der Waals surface area (Å²) in [5.74, 6) is 0.0179. The second-order valence-corrected chi connectivity index (χ2v) is 6.54. The first-order valence-corrected chi connectivity index (χ1v) is 8.15. The number of hydrogen-bond donors (Lipinski definition) is 0. The Morgan fingerprint density at radius 1 is 1.09 bits per heavy atom. The predicted octanol–water partition coefficient (Wildman–Crippen LogP) is 3.55. The largest absolute Gasteiger partial charge is 0.393 e. The lowest BCUT2D eigenvalue weighted by atomic mass is 9.97. The van der Waals surface area contributed by atoms with Gasteiger partial charge in [-0.3, -0.25) is 0 Å². The van der Waals surface area contributed by atoms with Gasteiger partial charge in [0.05, 0.1) is 18.2 Å². The first-order valence-electron chi connectivity index (χ1n) is 8.15. The van der Waals surface area contributed by atoms with Gasteiger partial charge in [-0.2, -0.15) is 13.2 Å². The highest BCUT2D eigenvalue weighted by atomic mass is 19.4. The average molecular weight is 324 g/mol. The molecule has 4 rings (SSSR count). The summed E-state index contributed by atoms with van der Waals surface area (Å²) < 4.78 is 39.0. The zero-order chi connectivity index (χ0) is 16.0. The van der Waals surface area contributed by atoms with Crippen molar-refractivity contribution in [3.63, 3.8) is 0 Å². The fraction of sp³-hybridized carbons (Fsp3) is 0.625. The molecule has 4 heterocycles. The standard InChI is InChI=1S/C16H19F3N4/c17-16(18,19)11-3-1-8-23(9-11)14-6-5-13-15(21-14)20-12-4-2-7-22(13)10-12/h5-6,11H,1-4,7-10H2. The Balaban J connectivity index is 1.61. The van der Waals surface area contributed by atoms with Gasteiger partial charge in [0.1, 0.15) is 5.82 Å². The molecule has 3 aliphatic rings. The fourth-order valence-corrected chi connectivity index (χ4v) is 3.69. The molecule has 1 aromatic rings. The summed E-state index contributed by atoms with van der Waals surface area (Å²) in [6, 6.07) is 3.80. The molecular weight excluding hydrogens is 305 g/mol. The Hall–Kier alpha value is -1.79. The first kappa shape index (κ1) is 14.8. The van der Waals surface area contributed by atoms with Gasteiger partial charge in [0.2, 0.25) is 0 Å². The zero-order valence-electron chi connectivity index (χ0n) is 12.8. The highest BCUT2D eigenvalue weighted by Gasteiger charge is 2.42. The van der Waals surface area contributed by atoms with Gasteiger partial charge in [-0.1, -0.05) is 0 Å². The van der Waals surface area contributed by atoms with Crippen LogP contribution in [0.5, 0.6) is 0 Å². The number of aliphatic imine (C=N–C) groups is 1. The molecule has 0 saturated carbocycles. The number of pyridine rings is 1. The molecule has 1 unspecified atom stereocenters. The van der Waals surface area contributed by atoms with Crippen LogP contribution >= 0.6 is 0 Å². The van der Waals surface area contributed by atoms with Crippen LogP contribution < -0.4 is 9.80 Å².